The lowest BCUT2D eigenvalue weighted by molar-refractivity contribution is -0.139. The number of aliphatic hydroxyl groups excluding tert-OH is 1. The van der Waals surface area contributed by atoms with E-state index in [-0.39, 0.29) is 43.7 Å². The Balaban J connectivity index is -0.000000115. The van der Waals surface area contributed by atoms with Crippen LogP contribution in [-0.2, 0) is 32.8 Å². The molecule has 0 aliphatic rings. The summed E-state index contributed by atoms with van der Waals surface area (Å²) >= 11 is 11.2. The highest BCUT2D eigenvalue weighted by Gasteiger charge is 1.99. The largest absolute Gasteiger partial charge is 0.462 e. The Bertz CT molecular complexity index is 2760. The van der Waals surface area contributed by atoms with Gasteiger partial charge < -0.3 is 33.2 Å². The van der Waals surface area contributed by atoms with Crippen LogP contribution in [0, 0.1) is 24.7 Å². The van der Waals surface area contributed by atoms with Gasteiger partial charge in [-0.2, -0.15) is 0 Å². The number of carbonyl (C=O) groups is 2. The van der Waals surface area contributed by atoms with Crippen LogP contribution in [0.1, 0.15) is 289 Å². The maximum atomic E-state index is 10.5. The van der Waals surface area contributed by atoms with Crippen molar-refractivity contribution in [1.82, 2.24) is 0 Å². The summed E-state index contributed by atoms with van der Waals surface area (Å²) in [4.78, 5) is 26.2. The smallest absolute Gasteiger partial charge is 0.302 e. The van der Waals surface area contributed by atoms with Crippen LogP contribution in [0.2, 0.25) is 0 Å². The average molecular weight is 1610 g/mol. The zero-order chi connectivity index (χ0) is 78.6. The van der Waals surface area contributed by atoms with E-state index in [2.05, 4.69) is 194 Å². The number of alkyl halides is 2. The third-order valence-electron chi connectivity index (χ3n) is 15.0. The fourth-order valence-electron chi connectivity index (χ4n) is 8.68. The first-order valence-electron chi connectivity index (χ1n) is 36.4. The van der Waals surface area contributed by atoms with E-state index in [1.165, 1.54) is 79.4 Å². The van der Waals surface area contributed by atoms with Gasteiger partial charge in [-0.05, 0) is 262 Å². The topological polar surface area (TPSA) is 198 Å². The van der Waals surface area contributed by atoms with Crippen LogP contribution in [0.25, 0.3) is 20.9 Å². The van der Waals surface area contributed by atoms with Gasteiger partial charge in [0.05, 0.1) is 19.8 Å². The number of hydrogen-bond donors (Lipinski definition) is 1. The summed E-state index contributed by atoms with van der Waals surface area (Å²) in [6, 6.07) is 0. The SMILES string of the molecule is C.C.C.C.C#CCOCCC/C(C)=C/CC/C(C)=C/CCl.C#CCOCCC/C(C)=C/CC/C(C)=C/COPP.C/C(=C\CCl)CC/C=C(\C)CCCN=[N+]=[N-].C/C(=C\COPP)CC/C=C(\C)CCCN=[N+]=[N-].CC(=O)OC/C=C(\C)CC/C=C(\C)CCC=O.CC(C)=CCC/C(C)=C/CC/C(C)=C/CO.[2HH]. The third-order valence-corrected chi connectivity index (χ3v) is 17.0. The number of aldehydes is 1. The summed E-state index contributed by atoms with van der Waals surface area (Å²) in [7, 11) is 6.13. The first-order valence-corrected chi connectivity index (χ1v) is 42.9. The molecule has 1 N–H and O–H groups in total. The number of azide groups is 2. The van der Waals surface area contributed by atoms with Gasteiger partial charge >= 0.3 is 5.97 Å². The predicted octanol–water partition coefficient (Wildman–Crippen LogP) is 29.3. The van der Waals surface area contributed by atoms with E-state index in [4.69, 9.17) is 75.5 Å². The number of nitrogens with zero attached hydrogens (tertiary/aromatic N) is 6. The minimum absolute atomic E-state index is 0. The molecule has 0 aromatic carbocycles. The molecule has 0 spiro atoms. The Kier molecular flexibility index (Phi) is 117. The molecule has 0 bridgehead atoms. The lowest BCUT2D eigenvalue weighted by atomic mass is 10.1. The second-order valence-electron chi connectivity index (χ2n) is 25.4. The zero-order valence-corrected chi connectivity index (χ0v) is 72.4. The summed E-state index contributed by atoms with van der Waals surface area (Å²) in [5, 5.41) is 15.7. The Morgan fingerprint density at radius 1 is 0.430 bits per heavy atom. The molecular weight excluding hydrogens is 1450 g/mol. The molecule has 0 fully saturated rings. The van der Waals surface area contributed by atoms with Gasteiger partial charge in [0.2, 0.25) is 0 Å². The number of halogens is 2. The van der Waals surface area contributed by atoms with E-state index < -0.39 is 0 Å². The molecule has 0 aliphatic heterocycles. The number of rotatable bonds is 53. The quantitative estimate of drug-likeness (QED) is 0.00593. The van der Waals surface area contributed by atoms with Crippen molar-refractivity contribution >= 4 is 70.3 Å². The van der Waals surface area contributed by atoms with Gasteiger partial charge in [0, 0.05) is 79.7 Å². The highest BCUT2D eigenvalue weighted by atomic mass is 35.5. The Morgan fingerprint density at radius 2 is 0.701 bits per heavy atom. The van der Waals surface area contributed by atoms with Crippen molar-refractivity contribution in [3.05, 3.63) is 172 Å². The summed E-state index contributed by atoms with van der Waals surface area (Å²) in [6.07, 6.45) is 63.9. The van der Waals surface area contributed by atoms with Crippen LogP contribution < -0.4 is 0 Å². The first kappa shape index (κ1) is 124. The number of ether oxygens (including phenoxy) is 3. The van der Waals surface area contributed by atoms with Crippen LogP contribution >= 0.6 is 58.1 Å². The highest BCUT2D eigenvalue weighted by molar-refractivity contribution is 8.00. The molecule has 0 heterocycles. The molecule has 0 radical (unpaired) electrons. The van der Waals surface area contributed by atoms with Crippen LogP contribution in [0.15, 0.2) is 162 Å². The molecule has 0 rings (SSSR count). The Morgan fingerprint density at radius 3 is 0.972 bits per heavy atom. The number of terminal acetylenes is 2. The minimum Gasteiger partial charge on any atom is -0.462 e. The molecule has 0 saturated heterocycles. The van der Waals surface area contributed by atoms with Gasteiger partial charge in [-0.25, -0.2) is 0 Å². The molecule has 20 heteroatoms. The van der Waals surface area contributed by atoms with Gasteiger partial charge in [0.15, 0.2) is 0 Å². The van der Waals surface area contributed by atoms with Crippen LogP contribution in [-0.4, -0.2) is 95.1 Å². The van der Waals surface area contributed by atoms with Crippen LogP contribution in [0.4, 0.5) is 0 Å². The fourth-order valence-corrected chi connectivity index (χ4v) is 10.1. The van der Waals surface area contributed by atoms with Gasteiger partial charge in [-0.3, -0.25) is 4.79 Å². The van der Waals surface area contributed by atoms with Crippen LogP contribution in [0.5, 0.6) is 0 Å². The van der Waals surface area contributed by atoms with E-state index in [0.717, 1.165) is 174 Å². The average Bonchev–Trinajstić information content (AvgIpc) is 1.11. The summed E-state index contributed by atoms with van der Waals surface area (Å²) in [5.74, 6) is 5.89. The zero-order valence-electron chi connectivity index (χ0n) is 66.6. The second-order valence-corrected chi connectivity index (χ2v) is 28.4. The number of esters is 1. The molecule has 4 unspecified atom stereocenters. The van der Waals surface area contributed by atoms with E-state index in [0.29, 0.717) is 74.7 Å². The molecule has 618 valence electrons. The third kappa shape index (κ3) is 118. The first-order chi connectivity index (χ1) is 49.4. The van der Waals surface area contributed by atoms with Crippen molar-refractivity contribution < 1.29 is 39.4 Å². The maximum Gasteiger partial charge on any atom is 0.302 e. The van der Waals surface area contributed by atoms with E-state index in [1.807, 2.05) is 32.1 Å². The second kappa shape index (κ2) is 102. The summed E-state index contributed by atoms with van der Waals surface area (Å²) in [6.45, 7) is 36.6. The van der Waals surface area contributed by atoms with Gasteiger partial charge in [0.25, 0.3) is 0 Å². The lowest BCUT2D eigenvalue weighted by Crippen LogP contribution is -1.98. The summed E-state index contributed by atoms with van der Waals surface area (Å²) in [5.41, 5.74) is 33.9. The van der Waals surface area contributed by atoms with Gasteiger partial charge in [0.1, 0.15) is 26.1 Å². The normalized spacial score (nSPS) is 12.3. The highest BCUT2D eigenvalue weighted by Crippen LogP contribution is 2.23. The van der Waals surface area contributed by atoms with Crippen molar-refractivity contribution in [3.63, 3.8) is 0 Å². The van der Waals surface area contributed by atoms with Crippen molar-refractivity contribution in [3.8, 4) is 24.7 Å². The van der Waals surface area contributed by atoms with Crippen LogP contribution in [0.3, 0.4) is 0 Å². The van der Waals surface area contributed by atoms with E-state index in [1.54, 1.807) is 0 Å². The molecule has 14 nitrogen and oxygen atoms in total. The fraction of sp³-hybridized carbons (Fsp3) is 0.632. The molecule has 0 aromatic heterocycles. The Hall–Kier alpha value is -4.40. The standard InChI is InChI=1S/C15H23ClO.C15H26O2P2.C15H26O.C14H22O3.C12H20ClN3.C12H23N3OP2.4CH4.H2/c1-4-12-17-13-6-9-14(2)7-5-8-15(3)10-11-16;1-4-11-16-12-6-9-14(2)7-5-8-15(3)10-13-17-19-18;1-13(2)7-5-8-14(3)9-6-10-15(4)11-12-16;1-12(8-5-10-15)6-4-7-13(2)9-11-17-14(3)16;1-11(7-4-10-15-16-14)5-3-6-12(2)8-9-13;1-11(7-4-9-14-15-13)5-3-6-12(2)8-10-16-18-17;;;;;/h1,7,10H,5-6,8-9,11-13H2,2-3H3;1,7,10,19H,5-6,8-9,11-13,18H2,2-3H3;7,9,11,16H,5-6,8,10,12H2,1-4H3;6,9-10H,4-5,7-8,11H2,1-3H3;5,8H,3-4,6-7,9-10H2,1-2H3;5,8,18H,3-4,6-7,9-10,17H2,1-2H3;4*1H4;1H/b2*14-7+,15-10+;14-9+,15-11+;12-6+,13-9+;2*11-5+,12-8+;;;;;/i;;;;;;;;;;1+1. The number of allylic oxidation sites excluding steroid dienone is 22. The molecule has 0 amide bonds. The number of aliphatic hydroxyl groups is 1. The van der Waals surface area contributed by atoms with Crippen molar-refractivity contribution in [2.45, 2.75) is 288 Å². The van der Waals surface area contributed by atoms with Gasteiger partial charge in [-0.15, -0.1) is 36.0 Å². The van der Waals surface area contributed by atoms with Gasteiger partial charge in [-0.1, -0.05) is 215 Å². The van der Waals surface area contributed by atoms with Crippen molar-refractivity contribution in [2.75, 3.05) is 77.7 Å². The van der Waals surface area contributed by atoms with Crippen molar-refractivity contribution in [1.29, 1.82) is 0 Å². The number of hydrogen-bond acceptors (Lipinski definition) is 10. The minimum atomic E-state index is -0.251. The Labute approximate surface area is 678 Å². The molecule has 0 saturated carbocycles. The molecule has 107 heavy (non-hydrogen) atoms. The van der Waals surface area contributed by atoms with Crippen molar-refractivity contribution in [2.24, 2.45) is 10.2 Å². The monoisotopic (exact) mass is 1610 g/mol. The molecule has 0 aliphatic carbocycles. The maximum absolute atomic E-state index is 10.5. The number of carbonyl (C=O) groups excluding carboxylic acids is 2. The lowest BCUT2D eigenvalue weighted by Gasteiger charge is -2.03. The van der Waals surface area contributed by atoms with E-state index in [9.17, 15) is 9.59 Å². The predicted molar refractivity (Wildman–Crippen MR) is 491 cm³/mol. The molecule has 4 atom stereocenters. The van der Waals surface area contributed by atoms with E-state index >= 15 is 0 Å². The summed E-state index contributed by atoms with van der Waals surface area (Å²) < 4.78 is 25.8. The molecular formula is C87H158Cl2N6O8P4. The molecule has 0 aromatic rings.